The van der Waals surface area contributed by atoms with Crippen LogP contribution < -0.4 is 4.74 Å². The van der Waals surface area contributed by atoms with Gasteiger partial charge in [0.1, 0.15) is 11.3 Å². The van der Waals surface area contributed by atoms with E-state index in [0.717, 1.165) is 23.5 Å². The number of halogens is 1. The van der Waals surface area contributed by atoms with Crippen molar-refractivity contribution in [1.29, 1.82) is 0 Å². The van der Waals surface area contributed by atoms with Gasteiger partial charge in [-0.05, 0) is 6.07 Å². The molecule has 0 bridgehead atoms. The molecule has 1 aliphatic heterocycles. The number of hydrogen-bond acceptors (Lipinski definition) is 5. The fourth-order valence-corrected chi connectivity index (χ4v) is 5.14. The number of pyridine rings is 1. The van der Waals surface area contributed by atoms with Crippen LogP contribution in [0.5, 0.6) is 5.88 Å². The minimum Gasteiger partial charge on any atom is -0.481 e. The molecule has 7 heteroatoms. The van der Waals surface area contributed by atoms with Crippen LogP contribution in [0.2, 0.25) is 0 Å². The van der Waals surface area contributed by atoms with Gasteiger partial charge in [0, 0.05) is 35.1 Å². The van der Waals surface area contributed by atoms with E-state index >= 15 is 0 Å². The molecule has 3 heterocycles. The highest BCUT2D eigenvalue weighted by molar-refractivity contribution is 8.06. The van der Waals surface area contributed by atoms with Crippen LogP contribution in [0, 0.1) is 0 Å². The molecule has 0 aromatic carbocycles. The van der Waals surface area contributed by atoms with Crippen LogP contribution in [-0.2, 0) is 12.4 Å². The second kappa shape index (κ2) is 6.45. The number of thioether (sulfide) groups is 2. The first-order valence-electron chi connectivity index (χ1n) is 6.47. The number of methoxy groups -OCH3 is 1. The van der Waals surface area contributed by atoms with E-state index in [-0.39, 0.29) is 0 Å². The van der Waals surface area contributed by atoms with E-state index in [1.165, 1.54) is 17.3 Å². The zero-order chi connectivity index (χ0) is 13.9. The lowest BCUT2D eigenvalue weighted by atomic mass is 10.4. The van der Waals surface area contributed by atoms with Gasteiger partial charge in [-0.1, -0.05) is 0 Å². The molecule has 1 aliphatic rings. The van der Waals surface area contributed by atoms with E-state index in [2.05, 4.69) is 14.5 Å². The van der Waals surface area contributed by atoms with Crippen molar-refractivity contribution in [3.8, 4) is 5.88 Å². The minimum atomic E-state index is 0.406. The Bertz CT molecular complexity index is 599. The van der Waals surface area contributed by atoms with E-state index in [4.69, 9.17) is 16.3 Å². The lowest BCUT2D eigenvalue weighted by Crippen LogP contribution is -2.21. The van der Waals surface area contributed by atoms with E-state index in [1.807, 2.05) is 35.7 Å². The number of aromatic nitrogens is 3. The molecule has 20 heavy (non-hydrogen) atoms. The van der Waals surface area contributed by atoms with Crippen LogP contribution in [0.1, 0.15) is 5.82 Å². The first-order chi connectivity index (χ1) is 9.81. The van der Waals surface area contributed by atoms with Gasteiger partial charge in [-0.15, -0.1) is 11.6 Å². The van der Waals surface area contributed by atoms with E-state index in [0.29, 0.717) is 17.0 Å². The third-order valence-electron chi connectivity index (χ3n) is 3.25. The van der Waals surface area contributed by atoms with Crippen molar-refractivity contribution >= 4 is 46.3 Å². The van der Waals surface area contributed by atoms with Crippen molar-refractivity contribution in [2.24, 2.45) is 0 Å². The molecule has 3 rings (SSSR count). The van der Waals surface area contributed by atoms with E-state index < -0.39 is 0 Å². The second-order valence-electron chi connectivity index (χ2n) is 4.54. The van der Waals surface area contributed by atoms with Crippen molar-refractivity contribution in [2.75, 3.05) is 24.4 Å². The molecular weight excluding hydrogens is 314 g/mol. The molecule has 2 aromatic rings. The Morgan fingerprint density at radius 1 is 1.40 bits per heavy atom. The first-order valence-corrected chi connectivity index (χ1v) is 9.21. The maximum Gasteiger partial charge on any atom is 0.215 e. The maximum absolute atomic E-state index is 6.04. The Balaban J connectivity index is 1.97. The average molecular weight is 330 g/mol. The molecule has 0 aliphatic carbocycles. The summed E-state index contributed by atoms with van der Waals surface area (Å²) in [5, 5.41) is 0.598. The number of fused-ring (bicyclic) bond motifs is 1. The number of ether oxygens (including phenoxy) is 1. The quantitative estimate of drug-likeness (QED) is 0.806. The van der Waals surface area contributed by atoms with Gasteiger partial charge in [-0.2, -0.15) is 28.5 Å². The van der Waals surface area contributed by atoms with Crippen LogP contribution in [-0.4, -0.2) is 44.2 Å². The van der Waals surface area contributed by atoms with Gasteiger partial charge in [0.05, 0.1) is 13.0 Å². The summed E-state index contributed by atoms with van der Waals surface area (Å²) in [7, 11) is 1.63. The standard InChI is InChI=1S/C13H16ClN3OS2/c1-18-12-3-2-10-13(16-12)17(11(6-14)15-10)7-9-8-19-4-5-20-9/h2-3,9H,4-8H2,1H3. The van der Waals surface area contributed by atoms with Crippen molar-refractivity contribution in [3.63, 3.8) is 0 Å². The van der Waals surface area contributed by atoms with Crippen molar-refractivity contribution in [3.05, 3.63) is 18.0 Å². The Morgan fingerprint density at radius 2 is 2.30 bits per heavy atom. The molecule has 0 spiro atoms. The SMILES string of the molecule is COc1ccc2nc(CCl)n(CC3CSCCS3)c2n1. The van der Waals surface area contributed by atoms with Crippen LogP contribution in [0.3, 0.4) is 0 Å². The van der Waals surface area contributed by atoms with E-state index in [1.54, 1.807) is 7.11 Å². The fraction of sp³-hybridized carbons (Fsp3) is 0.538. The van der Waals surface area contributed by atoms with Gasteiger partial charge in [-0.25, -0.2) is 4.98 Å². The molecule has 1 fully saturated rings. The summed E-state index contributed by atoms with van der Waals surface area (Å²) in [6.45, 7) is 0.913. The lowest BCUT2D eigenvalue weighted by molar-refractivity contribution is 0.399. The smallest absolute Gasteiger partial charge is 0.215 e. The van der Waals surface area contributed by atoms with Gasteiger partial charge in [0.25, 0.3) is 0 Å². The molecule has 1 atom stereocenters. The normalized spacial score (nSPS) is 19.4. The number of nitrogens with zero attached hydrogens (tertiary/aromatic N) is 3. The fourth-order valence-electron chi connectivity index (χ4n) is 2.28. The summed E-state index contributed by atoms with van der Waals surface area (Å²) in [5.74, 6) is 5.55. The molecule has 0 amide bonds. The number of rotatable bonds is 4. The van der Waals surface area contributed by atoms with E-state index in [9.17, 15) is 0 Å². The zero-order valence-electron chi connectivity index (χ0n) is 11.2. The Hall–Kier alpha value is -0.590. The second-order valence-corrected chi connectivity index (χ2v) is 7.36. The van der Waals surface area contributed by atoms with Gasteiger partial charge >= 0.3 is 0 Å². The van der Waals surface area contributed by atoms with Gasteiger partial charge in [0.15, 0.2) is 5.65 Å². The minimum absolute atomic E-state index is 0.406. The summed E-state index contributed by atoms with van der Waals surface area (Å²) in [6.07, 6.45) is 0. The Labute approximate surface area is 131 Å². The van der Waals surface area contributed by atoms with Crippen molar-refractivity contribution in [2.45, 2.75) is 17.7 Å². The highest BCUT2D eigenvalue weighted by Crippen LogP contribution is 2.27. The molecule has 108 valence electrons. The third kappa shape index (κ3) is 2.87. The number of hydrogen-bond donors (Lipinski definition) is 0. The van der Waals surface area contributed by atoms with Crippen LogP contribution in [0.15, 0.2) is 12.1 Å². The molecule has 4 nitrogen and oxygen atoms in total. The maximum atomic E-state index is 6.04. The predicted octanol–water partition coefficient (Wildman–Crippen LogP) is 3.03. The molecule has 0 N–H and O–H groups in total. The summed E-state index contributed by atoms with van der Waals surface area (Å²) in [4.78, 5) is 9.10. The summed E-state index contributed by atoms with van der Waals surface area (Å²) in [6, 6.07) is 3.78. The van der Waals surface area contributed by atoms with Crippen LogP contribution in [0.25, 0.3) is 11.2 Å². The first kappa shape index (κ1) is 14.4. The molecular formula is C13H16ClN3OS2. The number of alkyl halides is 1. The molecule has 0 saturated carbocycles. The Kier molecular flexibility index (Phi) is 4.63. The highest BCUT2D eigenvalue weighted by atomic mass is 35.5. The largest absolute Gasteiger partial charge is 0.481 e. The van der Waals surface area contributed by atoms with Crippen LogP contribution >= 0.6 is 35.1 Å². The monoisotopic (exact) mass is 329 g/mol. The molecule has 1 saturated heterocycles. The predicted molar refractivity (Wildman–Crippen MR) is 87.2 cm³/mol. The molecule has 0 radical (unpaired) electrons. The zero-order valence-corrected chi connectivity index (χ0v) is 13.6. The summed E-state index contributed by atoms with van der Waals surface area (Å²) >= 11 is 10.1. The van der Waals surface area contributed by atoms with Gasteiger partial charge < -0.3 is 9.30 Å². The molecule has 1 unspecified atom stereocenters. The lowest BCUT2D eigenvalue weighted by Gasteiger charge is -2.22. The average Bonchev–Trinajstić information content (AvgIpc) is 2.85. The summed E-state index contributed by atoms with van der Waals surface area (Å²) in [5.41, 5.74) is 1.76. The molecule has 2 aromatic heterocycles. The number of imidazole rings is 1. The van der Waals surface area contributed by atoms with Crippen molar-refractivity contribution < 1.29 is 4.74 Å². The summed E-state index contributed by atoms with van der Waals surface area (Å²) < 4.78 is 7.36. The topological polar surface area (TPSA) is 39.9 Å². The third-order valence-corrected chi connectivity index (χ3v) is 6.31. The van der Waals surface area contributed by atoms with Crippen molar-refractivity contribution in [1.82, 2.24) is 14.5 Å². The van der Waals surface area contributed by atoms with Gasteiger partial charge in [-0.3, -0.25) is 0 Å². The highest BCUT2D eigenvalue weighted by Gasteiger charge is 2.19. The van der Waals surface area contributed by atoms with Gasteiger partial charge in [0.2, 0.25) is 5.88 Å². The Morgan fingerprint density at radius 3 is 3.00 bits per heavy atom. The van der Waals surface area contributed by atoms with Crippen LogP contribution in [0.4, 0.5) is 0 Å².